The molecule has 6 heteroatoms. The highest BCUT2D eigenvalue weighted by molar-refractivity contribution is 5.97. The second kappa shape index (κ2) is 6.89. The summed E-state index contributed by atoms with van der Waals surface area (Å²) in [4.78, 5) is 25.6. The monoisotopic (exact) mass is 303 g/mol. The SMILES string of the molecule is O=C(CC1CNCCO1)Nc1cccc(N2CCCC2=O)c1. The molecule has 0 spiro atoms. The Balaban J connectivity index is 1.60. The summed E-state index contributed by atoms with van der Waals surface area (Å²) in [5, 5.41) is 6.09. The van der Waals surface area contributed by atoms with Crippen LogP contribution in [0, 0.1) is 0 Å². The number of nitrogens with one attached hydrogen (secondary N) is 2. The molecule has 1 aromatic rings. The van der Waals surface area contributed by atoms with Gasteiger partial charge in [-0.05, 0) is 24.6 Å². The van der Waals surface area contributed by atoms with Crippen molar-refractivity contribution in [2.45, 2.75) is 25.4 Å². The van der Waals surface area contributed by atoms with Crippen molar-refractivity contribution in [2.24, 2.45) is 0 Å². The van der Waals surface area contributed by atoms with E-state index in [0.717, 1.165) is 25.2 Å². The van der Waals surface area contributed by atoms with Crippen molar-refractivity contribution in [3.63, 3.8) is 0 Å². The quantitative estimate of drug-likeness (QED) is 0.875. The standard InChI is InChI=1S/C16H21N3O3/c20-15(10-14-11-17-6-8-22-14)18-12-3-1-4-13(9-12)19-7-2-5-16(19)21/h1,3-4,9,14,17H,2,5-8,10-11H2,(H,18,20). The Morgan fingerprint density at radius 2 is 2.36 bits per heavy atom. The minimum Gasteiger partial charge on any atom is -0.375 e. The highest BCUT2D eigenvalue weighted by Gasteiger charge is 2.22. The van der Waals surface area contributed by atoms with E-state index in [9.17, 15) is 9.59 Å². The van der Waals surface area contributed by atoms with Gasteiger partial charge >= 0.3 is 0 Å². The molecule has 3 rings (SSSR count). The average Bonchev–Trinajstić information content (AvgIpc) is 2.94. The van der Waals surface area contributed by atoms with E-state index in [1.165, 1.54) is 0 Å². The van der Waals surface area contributed by atoms with Crippen molar-refractivity contribution in [3.05, 3.63) is 24.3 Å². The van der Waals surface area contributed by atoms with Crippen molar-refractivity contribution in [1.29, 1.82) is 0 Å². The molecule has 2 aliphatic heterocycles. The molecule has 22 heavy (non-hydrogen) atoms. The molecule has 6 nitrogen and oxygen atoms in total. The number of carbonyl (C=O) groups excluding carboxylic acids is 2. The lowest BCUT2D eigenvalue weighted by Gasteiger charge is -2.23. The maximum absolute atomic E-state index is 12.1. The van der Waals surface area contributed by atoms with Crippen LogP contribution in [0.25, 0.3) is 0 Å². The molecule has 0 saturated carbocycles. The molecule has 0 aromatic heterocycles. The molecule has 1 unspecified atom stereocenters. The molecule has 0 radical (unpaired) electrons. The largest absolute Gasteiger partial charge is 0.375 e. The Hall–Kier alpha value is -1.92. The summed E-state index contributed by atoms with van der Waals surface area (Å²) >= 11 is 0. The summed E-state index contributed by atoms with van der Waals surface area (Å²) in [6, 6.07) is 7.44. The van der Waals surface area contributed by atoms with Gasteiger partial charge in [-0.2, -0.15) is 0 Å². The Labute approximate surface area is 129 Å². The van der Waals surface area contributed by atoms with E-state index in [1.54, 1.807) is 4.90 Å². The number of hydrogen-bond donors (Lipinski definition) is 2. The lowest BCUT2D eigenvalue weighted by molar-refractivity contribution is -0.119. The molecule has 2 N–H and O–H groups in total. The molecule has 2 fully saturated rings. The molecule has 118 valence electrons. The lowest BCUT2D eigenvalue weighted by atomic mass is 10.2. The van der Waals surface area contributed by atoms with E-state index < -0.39 is 0 Å². The zero-order valence-corrected chi connectivity index (χ0v) is 12.5. The van der Waals surface area contributed by atoms with Crippen LogP contribution < -0.4 is 15.5 Å². The van der Waals surface area contributed by atoms with E-state index in [-0.39, 0.29) is 17.9 Å². The number of carbonyl (C=O) groups is 2. The highest BCUT2D eigenvalue weighted by atomic mass is 16.5. The van der Waals surface area contributed by atoms with Crippen LogP contribution in [0.15, 0.2) is 24.3 Å². The minimum atomic E-state index is -0.0721. The van der Waals surface area contributed by atoms with Gasteiger partial charge in [-0.25, -0.2) is 0 Å². The van der Waals surface area contributed by atoms with E-state index >= 15 is 0 Å². The number of amides is 2. The third kappa shape index (κ3) is 3.64. The number of morpholine rings is 1. The van der Waals surface area contributed by atoms with Crippen molar-refractivity contribution in [3.8, 4) is 0 Å². The summed E-state index contributed by atoms with van der Waals surface area (Å²) in [5.41, 5.74) is 1.56. The van der Waals surface area contributed by atoms with Gasteiger partial charge in [0.2, 0.25) is 11.8 Å². The van der Waals surface area contributed by atoms with E-state index in [2.05, 4.69) is 10.6 Å². The van der Waals surface area contributed by atoms with Crippen LogP contribution >= 0.6 is 0 Å². The van der Waals surface area contributed by atoms with Crippen molar-refractivity contribution >= 4 is 23.2 Å². The van der Waals surface area contributed by atoms with Crippen molar-refractivity contribution in [2.75, 3.05) is 36.5 Å². The zero-order chi connectivity index (χ0) is 15.4. The van der Waals surface area contributed by atoms with Gasteiger partial charge in [-0.3, -0.25) is 9.59 Å². The highest BCUT2D eigenvalue weighted by Crippen LogP contribution is 2.24. The number of hydrogen-bond acceptors (Lipinski definition) is 4. The van der Waals surface area contributed by atoms with Gasteiger partial charge in [-0.15, -0.1) is 0 Å². The van der Waals surface area contributed by atoms with Gasteiger partial charge in [0.05, 0.1) is 19.1 Å². The second-order valence-electron chi connectivity index (χ2n) is 5.65. The van der Waals surface area contributed by atoms with Crippen LogP contribution in [0.3, 0.4) is 0 Å². The minimum absolute atomic E-state index is 0.0707. The van der Waals surface area contributed by atoms with E-state index in [1.807, 2.05) is 24.3 Å². The predicted molar refractivity (Wildman–Crippen MR) is 83.9 cm³/mol. The summed E-state index contributed by atoms with van der Waals surface area (Å²) in [6.07, 6.45) is 1.75. The molecule has 1 aromatic carbocycles. The number of benzene rings is 1. The van der Waals surface area contributed by atoms with Crippen LogP contribution in [0.1, 0.15) is 19.3 Å². The maximum Gasteiger partial charge on any atom is 0.227 e. The van der Waals surface area contributed by atoms with E-state index in [4.69, 9.17) is 4.74 Å². The van der Waals surface area contributed by atoms with Gasteiger partial charge in [0.1, 0.15) is 0 Å². The first-order chi connectivity index (χ1) is 10.7. The third-order valence-corrected chi connectivity index (χ3v) is 3.93. The summed E-state index contributed by atoms with van der Waals surface area (Å²) < 4.78 is 5.53. The summed E-state index contributed by atoms with van der Waals surface area (Å²) in [6.45, 7) is 2.93. The smallest absolute Gasteiger partial charge is 0.227 e. The van der Waals surface area contributed by atoms with Gasteiger partial charge in [-0.1, -0.05) is 6.07 Å². The van der Waals surface area contributed by atoms with Crippen molar-refractivity contribution < 1.29 is 14.3 Å². The third-order valence-electron chi connectivity index (χ3n) is 3.93. The fraction of sp³-hybridized carbons (Fsp3) is 0.500. The van der Waals surface area contributed by atoms with Crippen molar-refractivity contribution in [1.82, 2.24) is 5.32 Å². The van der Waals surface area contributed by atoms with E-state index in [0.29, 0.717) is 31.7 Å². The lowest BCUT2D eigenvalue weighted by Crippen LogP contribution is -2.40. The molecule has 2 saturated heterocycles. The number of rotatable bonds is 4. The number of ether oxygens (including phenoxy) is 1. The van der Waals surface area contributed by atoms with Gasteiger partial charge in [0.25, 0.3) is 0 Å². The van der Waals surface area contributed by atoms with Crippen LogP contribution in [-0.2, 0) is 14.3 Å². The maximum atomic E-state index is 12.1. The molecule has 2 heterocycles. The average molecular weight is 303 g/mol. The Morgan fingerprint density at radius 3 is 3.09 bits per heavy atom. The number of anilines is 2. The fourth-order valence-corrected chi connectivity index (χ4v) is 2.84. The summed E-state index contributed by atoms with van der Waals surface area (Å²) in [7, 11) is 0. The first kappa shape index (κ1) is 15.0. The molecular formula is C16H21N3O3. The Kier molecular flexibility index (Phi) is 4.70. The second-order valence-corrected chi connectivity index (χ2v) is 5.65. The summed E-state index contributed by atoms with van der Waals surface area (Å²) in [5.74, 6) is 0.0729. The Bertz CT molecular complexity index is 555. The topological polar surface area (TPSA) is 70.7 Å². The molecule has 0 bridgehead atoms. The van der Waals surface area contributed by atoms with Crippen LogP contribution in [0.4, 0.5) is 11.4 Å². The van der Waals surface area contributed by atoms with Crippen LogP contribution in [-0.4, -0.2) is 44.2 Å². The first-order valence-corrected chi connectivity index (χ1v) is 7.75. The molecule has 2 amide bonds. The fourth-order valence-electron chi connectivity index (χ4n) is 2.84. The molecule has 0 aliphatic carbocycles. The van der Waals surface area contributed by atoms with Crippen LogP contribution in [0.2, 0.25) is 0 Å². The van der Waals surface area contributed by atoms with Gasteiger partial charge in [0, 0.05) is 37.4 Å². The molecule has 1 atom stereocenters. The zero-order valence-electron chi connectivity index (χ0n) is 12.5. The van der Waals surface area contributed by atoms with Gasteiger partial charge < -0.3 is 20.3 Å². The predicted octanol–water partition coefficient (Wildman–Crippen LogP) is 1.13. The molecular weight excluding hydrogens is 282 g/mol. The molecule has 2 aliphatic rings. The van der Waals surface area contributed by atoms with Gasteiger partial charge in [0.15, 0.2) is 0 Å². The normalized spacial score (nSPS) is 21.9. The Morgan fingerprint density at radius 1 is 1.45 bits per heavy atom. The number of nitrogens with zero attached hydrogens (tertiary/aromatic N) is 1. The first-order valence-electron chi connectivity index (χ1n) is 7.75. The van der Waals surface area contributed by atoms with Crippen LogP contribution in [0.5, 0.6) is 0 Å².